The molecule has 8 nitrogen and oxygen atoms in total. The van der Waals surface area contributed by atoms with E-state index in [0.29, 0.717) is 17.0 Å². The second-order valence-electron chi connectivity index (χ2n) is 5.96. The van der Waals surface area contributed by atoms with Crippen LogP contribution in [0.15, 0.2) is 83.2 Å². The monoisotopic (exact) mass is 393 g/mol. The molecule has 0 aliphatic heterocycles. The van der Waals surface area contributed by atoms with E-state index in [1.54, 1.807) is 47.3 Å². The van der Waals surface area contributed by atoms with Crippen LogP contribution in [-0.4, -0.2) is 33.7 Å². The molecule has 1 amide bonds. The van der Waals surface area contributed by atoms with Gasteiger partial charge in [0, 0.05) is 31.0 Å². The highest BCUT2D eigenvalue weighted by atomic mass is 32.2. The van der Waals surface area contributed by atoms with E-state index in [1.807, 2.05) is 0 Å². The van der Waals surface area contributed by atoms with Crippen LogP contribution in [0.3, 0.4) is 0 Å². The molecular weight excluding hydrogens is 378 g/mol. The van der Waals surface area contributed by atoms with Crippen LogP contribution in [0.25, 0.3) is 5.78 Å². The number of carbonyl (C=O) groups excluding carboxylic acids is 1. The number of nitrogens with one attached hydrogen (secondary N) is 1. The van der Waals surface area contributed by atoms with Crippen molar-refractivity contribution in [2.24, 2.45) is 0 Å². The fraction of sp³-hybridized carbons (Fsp3) is 0.0526. The van der Waals surface area contributed by atoms with Crippen LogP contribution in [0, 0.1) is 0 Å². The highest BCUT2D eigenvalue weighted by Crippen LogP contribution is 2.19. The molecule has 0 radical (unpaired) electrons. The van der Waals surface area contributed by atoms with E-state index in [4.69, 9.17) is 0 Å². The van der Waals surface area contributed by atoms with E-state index < -0.39 is 9.84 Å². The minimum atomic E-state index is -3.61. The number of nitrogens with zero attached hydrogens (tertiary/aromatic N) is 4. The summed E-state index contributed by atoms with van der Waals surface area (Å²) in [5.74, 6) is 0.194. The topological polar surface area (TPSA) is 106 Å². The van der Waals surface area contributed by atoms with Gasteiger partial charge in [0.25, 0.3) is 5.91 Å². The van der Waals surface area contributed by atoms with Crippen molar-refractivity contribution in [3.05, 3.63) is 84.7 Å². The predicted molar refractivity (Wildman–Crippen MR) is 100 cm³/mol. The van der Waals surface area contributed by atoms with E-state index >= 15 is 0 Å². The first-order valence-corrected chi connectivity index (χ1v) is 9.84. The maximum Gasteiger partial charge on any atom is 0.254 e. The molecule has 0 spiro atoms. The van der Waals surface area contributed by atoms with Crippen molar-refractivity contribution in [1.29, 1.82) is 0 Å². The number of benzene rings is 1. The molecule has 28 heavy (non-hydrogen) atoms. The Balaban J connectivity index is 1.45. The Morgan fingerprint density at radius 1 is 0.964 bits per heavy atom. The van der Waals surface area contributed by atoms with Crippen molar-refractivity contribution >= 4 is 21.5 Å². The van der Waals surface area contributed by atoms with Crippen LogP contribution in [0.1, 0.15) is 16.1 Å². The van der Waals surface area contributed by atoms with Gasteiger partial charge in [-0.3, -0.25) is 14.2 Å². The van der Waals surface area contributed by atoms with E-state index in [-0.39, 0.29) is 22.2 Å². The molecule has 140 valence electrons. The number of fused-ring (bicyclic) bond motifs is 1. The van der Waals surface area contributed by atoms with Crippen molar-refractivity contribution in [1.82, 2.24) is 24.7 Å². The van der Waals surface area contributed by atoms with Gasteiger partial charge >= 0.3 is 0 Å². The first kappa shape index (κ1) is 17.8. The highest BCUT2D eigenvalue weighted by Gasteiger charge is 2.17. The summed E-state index contributed by atoms with van der Waals surface area (Å²) in [7, 11) is -3.61. The molecule has 0 atom stereocenters. The number of pyridine rings is 1. The fourth-order valence-corrected chi connectivity index (χ4v) is 3.84. The number of rotatable bonds is 5. The molecule has 9 heteroatoms. The quantitative estimate of drug-likeness (QED) is 0.555. The van der Waals surface area contributed by atoms with Gasteiger partial charge in [-0.1, -0.05) is 18.2 Å². The van der Waals surface area contributed by atoms with Gasteiger partial charge < -0.3 is 5.32 Å². The molecule has 0 saturated carbocycles. The number of amides is 1. The minimum absolute atomic E-state index is 0.100. The molecule has 0 aliphatic carbocycles. The zero-order valence-corrected chi connectivity index (χ0v) is 15.4. The normalized spacial score (nSPS) is 11.4. The van der Waals surface area contributed by atoms with Crippen molar-refractivity contribution < 1.29 is 13.2 Å². The van der Waals surface area contributed by atoms with Crippen LogP contribution in [0.4, 0.5) is 0 Å². The van der Waals surface area contributed by atoms with Gasteiger partial charge in [-0.25, -0.2) is 18.4 Å². The Bertz CT molecular complexity index is 1240. The van der Waals surface area contributed by atoms with Crippen LogP contribution >= 0.6 is 0 Å². The van der Waals surface area contributed by atoms with Gasteiger partial charge in [0.1, 0.15) is 0 Å². The number of sulfone groups is 1. The number of hydrogen-bond donors (Lipinski definition) is 1. The lowest BCUT2D eigenvalue weighted by Crippen LogP contribution is -2.23. The summed E-state index contributed by atoms with van der Waals surface area (Å²) < 4.78 is 26.8. The summed E-state index contributed by atoms with van der Waals surface area (Å²) >= 11 is 0. The lowest BCUT2D eigenvalue weighted by Gasteiger charge is -2.07. The molecule has 0 fully saturated rings. The lowest BCUT2D eigenvalue weighted by atomic mass is 10.3. The summed E-state index contributed by atoms with van der Waals surface area (Å²) in [6.07, 6.45) is 7.67. The Morgan fingerprint density at radius 2 is 1.79 bits per heavy atom. The highest BCUT2D eigenvalue weighted by molar-refractivity contribution is 7.91. The number of hydrogen-bond acceptors (Lipinski definition) is 6. The molecule has 3 aromatic heterocycles. The Hall–Kier alpha value is -3.59. The van der Waals surface area contributed by atoms with Gasteiger partial charge in [0.2, 0.25) is 15.6 Å². The fourth-order valence-electron chi connectivity index (χ4n) is 2.62. The minimum Gasteiger partial charge on any atom is -0.346 e. The molecule has 4 aromatic rings. The maximum atomic E-state index is 12.6. The van der Waals surface area contributed by atoms with Crippen LogP contribution in [0.2, 0.25) is 0 Å². The molecule has 0 aliphatic rings. The third-order valence-electron chi connectivity index (χ3n) is 4.10. The Morgan fingerprint density at radius 3 is 2.54 bits per heavy atom. The van der Waals surface area contributed by atoms with Crippen molar-refractivity contribution in [2.45, 2.75) is 16.3 Å². The van der Waals surface area contributed by atoms with Crippen molar-refractivity contribution in [2.75, 3.05) is 0 Å². The average molecular weight is 393 g/mol. The van der Waals surface area contributed by atoms with E-state index in [1.165, 1.54) is 30.6 Å². The molecule has 0 unspecified atom stereocenters. The third-order valence-corrected chi connectivity index (χ3v) is 5.85. The average Bonchev–Trinajstić information content (AvgIpc) is 3.21. The first-order chi connectivity index (χ1) is 13.5. The number of aromatic nitrogens is 4. The van der Waals surface area contributed by atoms with Gasteiger partial charge in [-0.05, 0) is 24.3 Å². The van der Waals surface area contributed by atoms with Gasteiger partial charge in [-0.2, -0.15) is 0 Å². The summed E-state index contributed by atoms with van der Waals surface area (Å²) in [4.78, 5) is 24.9. The zero-order valence-electron chi connectivity index (χ0n) is 14.6. The zero-order chi connectivity index (χ0) is 19.6. The van der Waals surface area contributed by atoms with Gasteiger partial charge in [0.15, 0.2) is 0 Å². The number of imidazole rings is 1. The van der Waals surface area contributed by atoms with E-state index in [2.05, 4.69) is 20.3 Å². The van der Waals surface area contributed by atoms with Gasteiger partial charge in [-0.15, -0.1) is 0 Å². The second-order valence-corrected chi connectivity index (χ2v) is 7.91. The summed E-state index contributed by atoms with van der Waals surface area (Å²) in [5.41, 5.74) is 0.922. The predicted octanol–water partition coefficient (Wildman–Crippen LogP) is 1.89. The van der Waals surface area contributed by atoms with E-state index in [9.17, 15) is 13.2 Å². The Kier molecular flexibility index (Phi) is 4.58. The molecule has 0 saturated heterocycles. The van der Waals surface area contributed by atoms with Crippen LogP contribution < -0.4 is 5.32 Å². The van der Waals surface area contributed by atoms with Gasteiger partial charge in [0.05, 0.1) is 27.6 Å². The van der Waals surface area contributed by atoms with Crippen molar-refractivity contribution in [3.63, 3.8) is 0 Å². The van der Waals surface area contributed by atoms with E-state index in [0.717, 1.165) is 0 Å². The second kappa shape index (κ2) is 7.20. The number of carbonyl (C=O) groups is 1. The molecule has 4 rings (SSSR count). The SMILES string of the molecule is O=C(NCc1ccc(S(=O)(=O)c2ccccc2)cn1)c1cnc2nccn2c1. The maximum absolute atomic E-state index is 12.6. The Labute approximate surface area is 160 Å². The van der Waals surface area contributed by atoms with Crippen LogP contribution in [-0.2, 0) is 16.4 Å². The molecule has 0 bridgehead atoms. The van der Waals surface area contributed by atoms with Crippen molar-refractivity contribution in [3.8, 4) is 0 Å². The largest absolute Gasteiger partial charge is 0.346 e. The van der Waals surface area contributed by atoms with Crippen LogP contribution in [0.5, 0.6) is 0 Å². The molecule has 1 N–H and O–H groups in total. The molecule has 3 heterocycles. The first-order valence-electron chi connectivity index (χ1n) is 8.36. The smallest absolute Gasteiger partial charge is 0.254 e. The lowest BCUT2D eigenvalue weighted by molar-refractivity contribution is 0.0949. The summed E-state index contributed by atoms with van der Waals surface area (Å²) in [6, 6.07) is 11.2. The standard InChI is InChI=1S/C19H15N5O3S/c25-18(14-10-23-19-20-8-9-24(19)13-14)22-11-15-6-7-17(12-21-15)28(26,27)16-4-2-1-3-5-16/h1-10,12-13H,11H2,(H,22,25). The molecule has 1 aromatic carbocycles. The summed E-state index contributed by atoms with van der Waals surface area (Å²) in [6.45, 7) is 0.159. The third kappa shape index (κ3) is 3.47. The summed E-state index contributed by atoms with van der Waals surface area (Å²) in [5, 5.41) is 2.74. The molecular formula is C19H15N5O3S.